The van der Waals surface area contributed by atoms with E-state index in [0.717, 1.165) is 0 Å². The lowest BCUT2D eigenvalue weighted by molar-refractivity contribution is -0.119. The van der Waals surface area contributed by atoms with Crippen molar-refractivity contribution in [3.63, 3.8) is 0 Å². The van der Waals surface area contributed by atoms with Gasteiger partial charge in [-0.25, -0.2) is 4.39 Å². The molecule has 24 heavy (non-hydrogen) atoms. The normalized spacial score (nSPS) is 16.8. The molecule has 8 heteroatoms. The molecule has 0 bridgehead atoms. The Hall–Kier alpha value is -3.16. The van der Waals surface area contributed by atoms with Crippen LogP contribution in [0.1, 0.15) is 12.2 Å². The second-order valence-corrected chi connectivity index (χ2v) is 5.25. The molecule has 7 nitrogen and oxygen atoms in total. The van der Waals surface area contributed by atoms with Gasteiger partial charge in [0.15, 0.2) is 0 Å². The zero-order chi connectivity index (χ0) is 17.1. The lowest BCUT2D eigenvalue weighted by atomic mass is 10.1. The molecule has 3 N–H and O–H groups in total. The molecule has 2 heterocycles. The van der Waals surface area contributed by atoms with Crippen LogP contribution in [0.25, 0.3) is 0 Å². The highest BCUT2D eigenvalue weighted by Crippen LogP contribution is 2.24. The molecule has 0 spiro atoms. The molecule has 1 aliphatic heterocycles. The van der Waals surface area contributed by atoms with Crippen LogP contribution < -0.4 is 16.1 Å². The second kappa shape index (κ2) is 6.53. The van der Waals surface area contributed by atoms with Crippen molar-refractivity contribution in [1.82, 2.24) is 5.32 Å². The summed E-state index contributed by atoms with van der Waals surface area (Å²) in [5.74, 6) is -0.836. The van der Waals surface area contributed by atoms with Crippen molar-refractivity contribution in [2.24, 2.45) is 10.8 Å². The summed E-state index contributed by atoms with van der Waals surface area (Å²) >= 11 is 0. The maximum absolute atomic E-state index is 13.1. The number of benzene rings is 1. The van der Waals surface area contributed by atoms with Gasteiger partial charge in [-0.2, -0.15) is 5.10 Å². The fourth-order valence-electron chi connectivity index (χ4n) is 2.38. The number of carbonyl (C=O) groups excluding carboxylic acids is 2. The Morgan fingerprint density at radius 3 is 2.71 bits per heavy atom. The van der Waals surface area contributed by atoms with Crippen LogP contribution in [0.3, 0.4) is 0 Å². The third-order valence-corrected chi connectivity index (χ3v) is 3.60. The number of hydrazone groups is 1. The van der Waals surface area contributed by atoms with Gasteiger partial charge in [-0.15, -0.1) is 0 Å². The van der Waals surface area contributed by atoms with Crippen molar-refractivity contribution >= 4 is 23.2 Å². The maximum Gasteiger partial charge on any atom is 0.267 e. The number of nitrogens with two attached hydrogens (primary N) is 1. The minimum atomic E-state index is -0.792. The summed E-state index contributed by atoms with van der Waals surface area (Å²) in [6.07, 6.45) is 1.59. The van der Waals surface area contributed by atoms with Gasteiger partial charge in [-0.3, -0.25) is 14.6 Å². The smallest absolute Gasteiger partial charge is 0.267 e. The van der Waals surface area contributed by atoms with Gasteiger partial charge in [0.1, 0.15) is 23.3 Å². The van der Waals surface area contributed by atoms with Crippen LogP contribution in [0, 0.1) is 5.82 Å². The first-order valence-corrected chi connectivity index (χ1v) is 7.27. The van der Waals surface area contributed by atoms with Gasteiger partial charge in [0, 0.05) is 6.42 Å². The molecule has 124 valence electrons. The minimum absolute atomic E-state index is 0.0801. The first-order chi connectivity index (χ1) is 11.5. The number of hydrogen-bond donors (Lipinski definition) is 2. The Balaban J connectivity index is 1.75. The number of anilines is 1. The number of halogens is 1. The number of furan rings is 1. The Bertz CT molecular complexity index is 771. The van der Waals surface area contributed by atoms with E-state index in [1.165, 1.54) is 35.5 Å². The molecule has 3 rings (SSSR count). The molecular formula is C16H15FN4O3. The van der Waals surface area contributed by atoms with Gasteiger partial charge in [-0.05, 0) is 36.4 Å². The van der Waals surface area contributed by atoms with Crippen LogP contribution in [-0.2, 0) is 16.1 Å². The topological polar surface area (TPSA) is 101 Å². The van der Waals surface area contributed by atoms with Crippen LogP contribution in [0.15, 0.2) is 52.2 Å². The third-order valence-electron chi connectivity index (χ3n) is 3.60. The van der Waals surface area contributed by atoms with Gasteiger partial charge in [0.05, 0.1) is 18.5 Å². The Kier molecular flexibility index (Phi) is 4.28. The number of carbonyl (C=O) groups is 2. The van der Waals surface area contributed by atoms with Crippen molar-refractivity contribution < 1.29 is 18.4 Å². The molecular weight excluding hydrogens is 315 g/mol. The fourth-order valence-corrected chi connectivity index (χ4v) is 2.38. The van der Waals surface area contributed by atoms with E-state index in [4.69, 9.17) is 10.2 Å². The average Bonchev–Trinajstić information content (AvgIpc) is 3.23. The zero-order valence-electron chi connectivity index (χ0n) is 12.6. The molecule has 2 aromatic rings. The molecule has 1 atom stereocenters. The Morgan fingerprint density at radius 2 is 2.08 bits per heavy atom. The van der Waals surface area contributed by atoms with E-state index in [9.17, 15) is 14.0 Å². The lowest BCUT2D eigenvalue weighted by Crippen LogP contribution is -2.39. The first-order valence-electron chi connectivity index (χ1n) is 7.27. The quantitative estimate of drug-likeness (QED) is 0.859. The minimum Gasteiger partial charge on any atom is -0.467 e. The summed E-state index contributed by atoms with van der Waals surface area (Å²) in [5.41, 5.74) is 6.05. The molecule has 1 aliphatic rings. The van der Waals surface area contributed by atoms with Gasteiger partial charge in [0.25, 0.3) is 5.91 Å². The number of nitrogens with one attached hydrogen (secondary N) is 1. The van der Waals surface area contributed by atoms with E-state index in [2.05, 4.69) is 10.4 Å². The van der Waals surface area contributed by atoms with E-state index < -0.39 is 23.7 Å². The van der Waals surface area contributed by atoms with Crippen molar-refractivity contribution in [3.05, 3.63) is 54.2 Å². The molecule has 0 unspecified atom stereocenters. The Labute approximate surface area is 136 Å². The van der Waals surface area contributed by atoms with E-state index in [1.54, 1.807) is 12.1 Å². The van der Waals surface area contributed by atoms with Gasteiger partial charge >= 0.3 is 0 Å². The largest absolute Gasteiger partial charge is 0.467 e. The average molecular weight is 330 g/mol. The first kappa shape index (κ1) is 15.7. The second-order valence-electron chi connectivity index (χ2n) is 5.25. The van der Waals surface area contributed by atoms with Crippen LogP contribution in [0.4, 0.5) is 10.1 Å². The molecule has 0 fully saturated rings. The van der Waals surface area contributed by atoms with Crippen molar-refractivity contribution in [1.29, 1.82) is 0 Å². The number of rotatable bonds is 5. The molecule has 0 radical (unpaired) electrons. The lowest BCUT2D eigenvalue weighted by Gasteiger charge is -2.20. The predicted molar refractivity (Wildman–Crippen MR) is 84.5 cm³/mol. The summed E-state index contributed by atoms with van der Waals surface area (Å²) in [5, 5.41) is 8.18. The van der Waals surface area contributed by atoms with Gasteiger partial charge in [-0.1, -0.05) is 0 Å². The number of nitrogens with zero attached hydrogens (tertiary/aromatic N) is 2. The summed E-state index contributed by atoms with van der Waals surface area (Å²) in [4.78, 5) is 23.9. The zero-order valence-corrected chi connectivity index (χ0v) is 12.6. The monoisotopic (exact) mass is 330 g/mol. The van der Waals surface area contributed by atoms with E-state index in [0.29, 0.717) is 11.4 Å². The summed E-state index contributed by atoms with van der Waals surface area (Å²) < 4.78 is 18.2. The molecule has 0 saturated heterocycles. The van der Waals surface area contributed by atoms with Crippen LogP contribution >= 0.6 is 0 Å². The summed E-state index contributed by atoms with van der Waals surface area (Å²) in [6.45, 7) is 0.211. The van der Waals surface area contributed by atoms with Crippen LogP contribution in [-0.4, -0.2) is 23.6 Å². The van der Waals surface area contributed by atoms with Gasteiger partial charge < -0.3 is 15.5 Å². The number of amides is 2. The molecule has 1 aromatic heterocycles. The van der Waals surface area contributed by atoms with Crippen LogP contribution in [0.5, 0.6) is 0 Å². The Morgan fingerprint density at radius 1 is 1.33 bits per heavy atom. The van der Waals surface area contributed by atoms with Crippen molar-refractivity contribution in [2.75, 3.05) is 5.01 Å². The van der Waals surface area contributed by atoms with Crippen molar-refractivity contribution in [2.45, 2.75) is 19.0 Å². The molecule has 2 amide bonds. The van der Waals surface area contributed by atoms with Crippen LogP contribution in [0.2, 0.25) is 0 Å². The van der Waals surface area contributed by atoms with Crippen molar-refractivity contribution in [3.8, 4) is 0 Å². The summed E-state index contributed by atoms with van der Waals surface area (Å²) in [6, 6.07) is 8.09. The molecule has 0 aliphatic carbocycles. The number of hydrogen-bond acceptors (Lipinski definition) is 5. The standard InChI is InChI=1S/C16H15FN4O3/c17-10-3-5-11(6-4-10)21-14(15(18)22)8-13(20-21)16(23)19-9-12-2-1-7-24-12/h1-7,14H,8-9H2,(H2,18,22)(H,19,23)/t14-/m1/s1. The van der Waals surface area contributed by atoms with E-state index in [1.807, 2.05) is 0 Å². The predicted octanol–water partition coefficient (Wildman–Crippen LogP) is 1.16. The molecule has 1 aromatic carbocycles. The van der Waals surface area contributed by atoms with E-state index >= 15 is 0 Å². The fraction of sp³-hybridized carbons (Fsp3) is 0.188. The van der Waals surface area contributed by atoms with Gasteiger partial charge in [0.2, 0.25) is 5.91 Å². The van der Waals surface area contributed by atoms with E-state index in [-0.39, 0.29) is 18.7 Å². The highest BCUT2D eigenvalue weighted by Gasteiger charge is 2.34. The SMILES string of the molecule is NC(=O)[C@H]1CC(C(=O)NCc2ccco2)=NN1c1ccc(F)cc1. The number of primary amides is 1. The highest BCUT2D eigenvalue weighted by atomic mass is 19.1. The highest BCUT2D eigenvalue weighted by molar-refractivity contribution is 6.40. The molecule has 0 saturated carbocycles. The third kappa shape index (κ3) is 3.27. The maximum atomic E-state index is 13.1. The summed E-state index contributed by atoms with van der Waals surface area (Å²) in [7, 11) is 0.